The van der Waals surface area contributed by atoms with E-state index in [9.17, 15) is 4.79 Å². The van der Waals surface area contributed by atoms with E-state index in [1.807, 2.05) is 6.92 Å². The highest BCUT2D eigenvalue weighted by Gasteiger charge is 2.27. The van der Waals surface area contributed by atoms with Gasteiger partial charge in [-0.05, 0) is 31.7 Å². The molecule has 2 heterocycles. The number of rotatable bonds is 3. The van der Waals surface area contributed by atoms with Gasteiger partial charge in [-0.15, -0.1) is 11.3 Å². The van der Waals surface area contributed by atoms with Crippen molar-refractivity contribution >= 4 is 17.2 Å². The molecule has 0 saturated carbocycles. The fourth-order valence-electron chi connectivity index (χ4n) is 2.12. The largest absolute Gasteiger partial charge is 0.351 e. The summed E-state index contributed by atoms with van der Waals surface area (Å²) in [6.07, 6.45) is 4.00. The Labute approximate surface area is 106 Å². The minimum Gasteiger partial charge on any atom is -0.351 e. The maximum Gasteiger partial charge on any atom is 0.263 e. The number of hydrogen-bond acceptors (Lipinski definition) is 4. The molecule has 2 rings (SSSR count). The molecule has 2 N–H and O–H groups in total. The second kappa shape index (κ2) is 5.14. The van der Waals surface area contributed by atoms with Gasteiger partial charge < -0.3 is 10.6 Å². The lowest BCUT2D eigenvalue weighted by atomic mass is 9.83. The zero-order valence-electron chi connectivity index (χ0n) is 10.4. The predicted octanol–water partition coefficient (Wildman–Crippen LogP) is 1.57. The average Bonchev–Trinajstić information content (AvgIpc) is 2.74. The third kappa shape index (κ3) is 3.26. The van der Waals surface area contributed by atoms with Gasteiger partial charge in [-0.1, -0.05) is 6.92 Å². The molecule has 0 radical (unpaired) electrons. The molecule has 0 aromatic carbocycles. The van der Waals surface area contributed by atoms with Crippen molar-refractivity contribution < 1.29 is 4.79 Å². The topological polar surface area (TPSA) is 54.0 Å². The molecule has 1 unspecified atom stereocenters. The van der Waals surface area contributed by atoms with Crippen molar-refractivity contribution in [1.29, 1.82) is 0 Å². The molecule has 0 spiro atoms. The first-order valence-corrected chi connectivity index (χ1v) is 6.82. The van der Waals surface area contributed by atoms with E-state index < -0.39 is 0 Å². The maximum absolute atomic E-state index is 11.9. The predicted molar refractivity (Wildman–Crippen MR) is 69.4 cm³/mol. The Morgan fingerprint density at radius 2 is 2.53 bits per heavy atom. The number of amides is 1. The lowest BCUT2D eigenvalue weighted by molar-refractivity contribution is 0.0928. The highest BCUT2D eigenvalue weighted by atomic mass is 32.1. The SMILES string of the molecule is Cc1ncc(C(=O)NCC2(C)CCCNC2)s1. The van der Waals surface area contributed by atoms with Gasteiger partial charge in [0.2, 0.25) is 0 Å². The summed E-state index contributed by atoms with van der Waals surface area (Å²) >= 11 is 1.44. The fraction of sp³-hybridized carbons (Fsp3) is 0.667. The molecular formula is C12H19N3OS. The van der Waals surface area contributed by atoms with Crippen LogP contribution in [0.1, 0.15) is 34.4 Å². The Kier molecular flexibility index (Phi) is 3.79. The van der Waals surface area contributed by atoms with E-state index in [2.05, 4.69) is 22.5 Å². The molecule has 1 aromatic rings. The summed E-state index contributed by atoms with van der Waals surface area (Å²) in [5.74, 6) is 0.00222. The van der Waals surface area contributed by atoms with Crippen LogP contribution in [0.4, 0.5) is 0 Å². The van der Waals surface area contributed by atoms with Crippen LogP contribution in [0.5, 0.6) is 0 Å². The highest BCUT2D eigenvalue weighted by Crippen LogP contribution is 2.24. The Hall–Kier alpha value is -0.940. The van der Waals surface area contributed by atoms with E-state index in [4.69, 9.17) is 0 Å². The summed E-state index contributed by atoms with van der Waals surface area (Å²) in [6, 6.07) is 0. The number of nitrogens with one attached hydrogen (secondary N) is 2. The summed E-state index contributed by atoms with van der Waals surface area (Å²) in [6.45, 7) is 6.94. The molecule has 1 aromatic heterocycles. The van der Waals surface area contributed by atoms with Crippen molar-refractivity contribution in [3.63, 3.8) is 0 Å². The first kappa shape index (κ1) is 12.5. The van der Waals surface area contributed by atoms with Gasteiger partial charge in [0.15, 0.2) is 0 Å². The quantitative estimate of drug-likeness (QED) is 0.860. The molecule has 1 fully saturated rings. The van der Waals surface area contributed by atoms with E-state index in [1.54, 1.807) is 6.20 Å². The minimum atomic E-state index is 0.00222. The monoisotopic (exact) mass is 253 g/mol. The van der Waals surface area contributed by atoms with E-state index in [0.29, 0.717) is 4.88 Å². The number of nitrogens with zero attached hydrogens (tertiary/aromatic N) is 1. The van der Waals surface area contributed by atoms with Crippen LogP contribution < -0.4 is 10.6 Å². The molecule has 1 aliphatic heterocycles. The van der Waals surface area contributed by atoms with Crippen LogP contribution in [0.2, 0.25) is 0 Å². The molecule has 1 amide bonds. The van der Waals surface area contributed by atoms with Crippen LogP contribution in [-0.4, -0.2) is 30.5 Å². The van der Waals surface area contributed by atoms with E-state index >= 15 is 0 Å². The van der Waals surface area contributed by atoms with Gasteiger partial charge in [-0.25, -0.2) is 4.98 Å². The maximum atomic E-state index is 11.9. The van der Waals surface area contributed by atoms with Crippen LogP contribution in [0.25, 0.3) is 0 Å². The van der Waals surface area contributed by atoms with Crippen LogP contribution >= 0.6 is 11.3 Å². The molecule has 0 aliphatic carbocycles. The number of hydrogen-bond donors (Lipinski definition) is 2. The van der Waals surface area contributed by atoms with Gasteiger partial charge in [0.05, 0.1) is 11.2 Å². The van der Waals surface area contributed by atoms with Crippen molar-refractivity contribution in [2.75, 3.05) is 19.6 Å². The summed E-state index contributed by atoms with van der Waals surface area (Å²) in [5.41, 5.74) is 0.188. The zero-order valence-corrected chi connectivity index (χ0v) is 11.2. The molecular weight excluding hydrogens is 234 g/mol. The smallest absolute Gasteiger partial charge is 0.263 e. The van der Waals surface area contributed by atoms with Gasteiger partial charge in [0.25, 0.3) is 5.91 Å². The molecule has 0 bridgehead atoms. The lowest BCUT2D eigenvalue weighted by Gasteiger charge is -2.34. The van der Waals surface area contributed by atoms with Crippen molar-refractivity contribution in [2.24, 2.45) is 5.41 Å². The first-order valence-electron chi connectivity index (χ1n) is 6.00. The van der Waals surface area contributed by atoms with Gasteiger partial charge in [-0.2, -0.15) is 0 Å². The van der Waals surface area contributed by atoms with Crippen LogP contribution in [0, 0.1) is 12.3 Å². The highest BCUT2D eigenvalue weighted by molar-refractivity contribution is 7.13. The first-order chi connectivity index (χ1) is 8.09. The third-order valence-corrected chi connectivity index (χ3v) is 4.12. The molecule has 4 nitrogen and oxygen atoms in total. The van der Waals surface area contributed by atoms with Crippen molar-refractivity contribution in [3.05, 3.63) is 16.1 Å². The second-order valence-corrected chi connectivity index (χ2v) is 6.25. The Morgan fingerprint density at radius 3 is 3.12 bits per heavy atom. The number of aromatic nitrogens is 1. The Bertz CT molecular complexity index is 396. The average molecular weight is 253 g/mol. The number of carbonyl (C=O) groups excluding carboxylic acids is 1. The van der Waals surface area contributed by atoms with Crippen LogP contribution in [0.15, 0.2) is 6.20 Å². The van der Waals surface area contributed by atoms with Crippen molar-refractivity contribution in [3.8, 4) is 0 Å². The van der Waals surface area contributed by atoms with E-state index in [-0.39, 0.29) is 11.3 Å². The van der Waals surface area contributed by atoms with Gasteiger partial charge >= 0.3 is 0 Å². The Morgan fingerprint density at radius 1 is 1.71 bits per heavy atom. The van der Waals surface area contributed by atoms with Crippen molar-refractivity contribution in [1.82, 2.24) is 15.6 Å². The second-order valence-electron chi connectivity index (χ2n) is 5.02. The summed E-state index contributed by atoms with van der Waals surface area (Å²) < 4.78 is 0. The number of aryl methyl sites for hydroxylation is 1. The van der Waals surface area contributed by atoms with Gasteiger partial charge in [-0.3, -0.25) is 4.79 Å². The molecule has 94 valence electrons. The molecule has 1 atom stereocenters. The number of carbonyl (C=O) groups is 1. The van der Waals surface area contributed by atoms with Gasteiger partial charge in [0, 0.05) is 13.1 Å². The molecule has 17 heavy (non-hydrogen) atoms. The van der Waals surface area contributed by atoms with Crippen LogP contribution in [0.3, 0.4) is 0 Å². The summed E-state index contributed by atoms with van der Waals surface area (Å²) in [4.78, 5) is 16.7. The number of piperidine rings is 1. The normalized spacial score (nSPS) is 24.6. The van der Waals surface area contributed by atoms with E-state index in [0.717, 1.165) is 24.6 Å². The lowest BCUT2D eigenvalue weighted by Crippen LogP contribution is -2.45. The number of thiazole rings is 1. The van der Waals surface area contributed by atoms with Gasteiger partial charge in [0.1, 0.15) is 4.88 Å². The standard InChI is InChI=1S/C12H19N3OS/c1-9-14-6-10(17-9)11(16)15-8-12(2)4-3-5-13-7-12/h6,13H,3-5,7-8H2,1-2H3,(H,15,16). The zero-order chi connectivity index (χ0) is 12.3. The molecule has 5 heteroatoms. The molecule has 1 aliphatic rings. The third-order valence-electron chi connectivity index (χ3n) is 3.21. The fourth-order valence-corrected chi connectivity index (χ4v) is 2.81. The minimum absolute atomic E-state index is 0.00222. The summed E-state index contributed by atoms with van der Waals surface area (Å²) in [7, 11) is 0. The molecule has 1 saturated heterocycles. The van der Waals surface area contributed by atoms with Crippen molar-refractivity contribution in [2.45, 2.75) is 26.7 Å². The van der Waals surface area contributed by atoms with E-state index in [1.165, 1.54) is 24.2 Å². The summed E-state index contributed by atoms with van der Waals surface area (Å²) in [5, 5.41) is 7.33. The van der Waals surface area contributed by atoms with Crippen LogP contribution in [-0.2, 0) is 0 Å². The Balaban J connectivity index is 1.87.